The van der Waals surface area contributed by atoms with Crippen LogP contribution in [0, 0.1) is 25.5 Å². The largest absolute Gasteiger partial charge is 0.264 e. The Morgan fingerprint density at radius 3 is 2.19 bits per heavy atom. The third-order valence-corrected chi connectivity index (χ3v) is 6.16. The van der Waals surface area contributed by atoms with E-state index in [2.05, 4.69) is 0 Å². The molecule has 140 valence electrons. The first-order valence-corrected chi connectivity index (χ1v) is 9.81. The molecule has 0 heterocycles. The highest BCUT2D eigenvalue weighted by Gasteiger charge is 2.27. The van der Waals surface area contributed by atoms with E-state index < -0.39 is 21.7 Å². The lowest BCUT2D eigenvalue weighted by atomic mass is 10.1. The number of hydrogen-bond donors (Lipinski definition) is 0. The molecule has 3 aromatic rings. The van der Waals surface area contributed by atoms with E-state index in [4.69, 9.17) is 0 Å². The van der Waals surface area contributed by atoms with Crippen molar-refractivity contribution in [3.63, 3.8) is 0 Å². The van der Waals surface area contributed by atoms with Gasteiger partial charge in [-0.1, -0.05) is 35.9 Å². The molecule has 0 unspecified atom stereocenters. The zero-order chi connectivity index (χ0) is 19.6. The topological polar surface area (TPSA) is 37.4 Å². The van der Waals surface area contributed by atoms with Crippen LogP contribution in [0.4, 0.5) is 14.5 Å². The maximum absolute atomic E-state index is 13.7. The van der Waals surface area contributed by atoms with Gasteiger partial charge >= 0.3 is 0 Å². The fourth-order valence-corrected chi connectivity index (χ4v) is 4.56. The fourth-order valence-electron chi connectivity index (χ4n) is 2.87. The van der Waals surface area contributed by atoms with E-state index in [0.29, 0.717) is 11.3 Å². The van der Waals surface area contributed by atoms with Crippen LogP contribution in [0.1, 0.15) is 16.7 Å². The van der Waals surface area contributed by atoms with Gasteiger partial charge in [-0.05, 0) is 61.4 Å². The number of nitrogens with zero attached hydrogens (tertiary/aromatic N) is 1. The number of hydrogen-bond acceptors (Lipinski definition) is 2. The second-order valence-electron chi connectivity index (χ2n) is 6.39. The summed E-state index contributed by atoms with van der Waals surface area (Å²) in [4.78, 5) is -0.112. The van der Waals surface area contributed by atoms with Crippen molar-refractivity contribution in [3.8, 4) is 0 Å². The van der Waals surface area contributed by atoms with Gasteiger partial charge < -0.3 is 0 Å². The van der Waals surface area contributed by atoms with E-state index in [1.165, 1.54) is 40.7 Å². The Balaban J connectivity index is 2.13. The molecule has 0 aliphatic heterocycles. The summed E-state index contributed by atoms with van der Waals surface area (Å²) in [6, 6.07) is 16.3. The summed E-state index contributed by atoms with van der Waals surface area (Å²) in [5.74, 6) is -1.10. The Morgan fingerprint density at radius 2 is 1.52 bits per heavy atom. The number of anilines is 1. The zero-order valence-electron chi connectivity index (χ0n) is 15.0. The lowest BCUT2D eigenvalue weighted by molar-refractivity contribution is 0.584. The summed E-state index contributed by atoms with van der Waals surface area (Å²) in [6.07, 6.45) is 0. The van der Waals surface area contributed by atoms with E-state index >= 15 is 0 Å². The maximum Gasteiger partial charge on any atom is 0.264 e. The molecular weight excluding hydrogens is 368 g/mol. The van der Waals surface area contributed by atoms with Gasteiger partial charge in [0.2, 0.25) is 0 Å². The van der Waals surface area contributed by atoms with Gasteiger partial charge in [-0.15, -0.1) is 0 Å². The minimum Gasteiger partial charge on any atom is -0.262 e. The van der Waals surface area contributed by atoms with E-state index in [1.54, 1.807) is 6.92 Å². The van der Waals surface area contributed by atoms with Crippen LogP contribution in [0.25, 0.3) is 0 Å². The predicted molar refractivity (Wildman–Crippen MR) is 102 cm³/mol. The molecule has 0 spiro atoms. The third kappa shape index (κ3) is 4.17. The number of halogens is 2. The zero-order valence-corrected chi connectivity index (χ0v) is 15.8. The summed E-state index contributed by atoms with van der Waals surface area (Å²) < 4.78 is 55.0. The van der Waals surface area contributed by atoms with Crippen LogP contribution in [0.3, 0.4) is 0 Å². The van der Waals surface area contributed by atoms with Gasteiger partial charge in [0.25, 0.3) is 10.0 Å². The highest BCUT2D eigenvalue weighted by Crippen LogP contribution is 2.28. The number of aryl methyl sites for hydroxylation is 2. The Morgan fingerprint density at radius 1 is 0.852 bits per heavy atom. The van der Waals surface area contributed by atoms with Crippen LogP contribution in [-0.2, 0) is 16.6 Å². The summed E-state index contributed by atoms with van der Waals surface area (Å²) in [7, 11) is -4.06. The second kappa shape index (κ2) is 7.48. The van der Waals surface area contributed by atoms with Crippen LogP contribution in [0.15, 0.2) is 71.6 Å². The minimum atomic E-state index is -4.06. The fraction of sp³-hybridized carbons (Fsp3) is 0.143. The third-order valence-electron chi connectivity index (χ3n) is 4.24. The minimum absolute atomic E-state index is 0.0472. The van der Waals surface area contributed by atoms with Crippen molar-refractivity contribution in [2.45, 2.75) is 25.3 Å². The van der Waals surface area contributed by atoms with Crippen molar-refractivity contribution in [3.05, 3.63) is 95.1 Å². The van der Waals surface area contributed by atoms with Crippen LogP contribution < -0.4 is 4.31 Å². The molecular formula is C21H19F2NO2S. The van der Waals surface area contributed by atoms with Crippen molar-refractivity contribution < 1.29 is 17.2 Å². The van der Waals surface area contributed by atoms with E-state index in [-0.39, 0.29) is 11.4 Å². The highest BCUT2D eigenvalue weighted by atomic mass is 32.2. The number of rotatable bonds is 5. The lowest BCUT2D eigenvalue weighted by Crippen LogP contribution is -2.31. The smallest absolute Gasteiger partial charge is 0.262 e. The molecule has 0 N–H and O–H groups in total. The average molecular weight is 387 g/mol. The van der Waals surface area contributed by atoms with Crippen molar-refractivity contribution in [2.75, 3.05) is 4.31 Å². The molecule has 0 aromatic heterocycles. The standard InChI is InChI=1S/C21H19F2NO2S/c1-15-4-3-5-17(12-15)14-24(20-10-8-18(22)9-11-20)27(25,26)21-13-19(23)7-6-16(21)2/h3-13H,14H2,1-2H3. The Labute approximate surface area is 157 Å². The second-order valence-corrected chi connectivity index (χ2v) is 8.22. The van der Waals surface area contributed by atoms with Gasteiger partial charge in [-0.25, -0.2) is 17.2 Å². The molecule has 0 atom stereocenters. The SMILES string of the molecule is Cc1cccc(CN(c2ccc(F)cc2)S(=O)(=O)c2cc(F)ccc2C)c1. The molecule has 27 heavy (non-hydrogen) atoms. The summed E-state index contributed by atoms with van der Waals surface area (Å²) in [5, 5.41) is 0. The highest BCUT2D eigenvalue weighted by molar-refractivity contribution is 7.92. The molecule has 3 nitrogen and oxygen atoms in total. The maximum atomic E-state index is 13.7. The molecule has 6 heteroatoms. The van der Waals surface area contributed by atoms with Gasteiger partial charge in [-0.2, -0.15) is 0 Å². The van der Waals surface area contributed by atoms with Crippen molar-refractivity contribution in [1.29, 1.82) is 0 Å². The molecule has 0 bridgehead atoms. The van der Waals surface area contributed by atoms with Crippen LogP contribution in [0.5, 0.6) is 0 Å². The first-order chi connectivity index (χ1) is 12.8. The molecule has 0 radical (unpaired) electrons. The van der Waals surface area contributed by atoms with E-state index in [1.807, 2.05) is 31.2 Å². The molecule has 0 amide bonds. The Bertz CT molecular complexity index is 1060. The summed E-state index contributed by atoms with van der Waals surface area (Å²) in [5.41, 5.74) is 2.51. The first-order valence-electron chi connectivity index (χ1n) is 8.37. The molecule has 0 saturated heterocycles. The van der Waals surface area contributed by atoms with Crippen LogP contribution >= 0.6 is 0 Å². The number of sulfonamides is 1. The number of benzene rings is 3. The molecule has 3 rings (SSSR count). The van der Waals surface area contributed by atoms with Gasteiger partial charge in [-0.3, -0.25) is 4.31 Å². The molecule has 0 fully saturated rings. The van der Waals surface area contributed by atoms with Gasteiger partial charge in [0.1, 0.15) is 11.6 Å². The first kappa shape index (κ1) is 19.0. The van der Waals surface area contributed by atoms with Crippen molar-refractivity contribution in [2.24, 2.45) is 0 Å². The van der Waals surface area contributed by atoms with Crippen LogP contribution in [0.2, 0.25) is 0 Å². The van der Waals surface area contributed by atoms with E-state index in [9.17, 15) is 17.2 Å². The molecule has 3 aromatic carbocycles. The Hall–Kier alpha value is -2.73. The van der Waals surface area contributed by atoms with Crippen molar-refractivity contribution in [1.82, 2.24) is 0 Å². The quantitative estimate of drug-likeness (QED) is 0.619. The van der Waals surface area contributed by atoms with Crippen LogP contribution in [-0.4, -0.2) is 8.42 Å². The predicted octanol–water partition coefficient (Wildman–Crippen LogP) is 4.98. The Kier molecular flexibility index (Phi) is 5.28. The van der Waals surface area contributed by atoms with E-state index in [0.717, 1.165) is 17.2 Å². The average Bonchev–Trinajstić information content (AvgIpc) is 2.62. The molecule has 0 saturated carbocycles. The van der Waals surface area contributed by atoms with Gasteiger partial charge in [0.05, 0.1) is 17.1 Å². The monoisotopic (exact) mass is 387 g/mol. The summed E-state index contributed by atoms with van der Waals surface area (Å²) >= 11 is 0. The van der Waals surface area contributed by atoms with Gasteiger partial charge in [0, 0.05) is 0 Å². The normalized spacial score (nSPS) is 11.4. The lowest BCUT2D eigenvalue weighted by Gasteiger charge is -2.25. The summed E-state index contributed by atoms with van der Waals surface area (Å²) in [6.45, 7) is 3.57. The molecule has 0 aliphatic carbocycles. The van der Waals surface area contributed by atoms with Crippen molar-refractivity contribution >= 4 is 15.7 Å². The molecule has 0 aliphatic rings. The van der Waals surface area contributed by atoms with Gasteiger partial charge in [0.15, 0.2) is 0 Å².